The van der Waals surface area contributed by atoms with E-state index in [4.69, 9.17) is 0 Å². The van der Waals surface area contributed by atoms with E-state index in [0.717, 1.165) is 24.5 Å². The van der Waals surface area contributed by atoms with Crippen LogP contribution in [0.3, 0.4) is 0 Å². The number of rotatable bonds is 3. The number of hydrogen-bond acceptors (Lipinski definition) is 2. The van der Waals surface area contributed by atoms with Gasteiger partial charge >= 0.3 is 0 Å². The molecule has 0 aliphatic carbocycles. The maximum Gasteiger partial charge on any atom is 0.148 e. The lowest BCUT2D eigenvalue weighted by Crippen LogP contribution is -2.01. The first kappa shape index (κ1) is 9.66. The van der Waals surface area contributed by atoms with Crippen LogP contribution in [0.15, 0.2) is 6.07 Å². The third-order valence-electron chi connectivity index (χ3n) is 1.85. The average molecular weight is 177 g/mol. The molecule has 0 aromatic carbocycles. The third kappa shape index (κ3) is 2.83. The molecule has 3 nitrogen and oxygen atoms in total. The highest BCUT2D eigenvalue weighted by Gasteiger charge is 1.97. The Labute approximate surface area is 79.1 Å². The third-order valence-corrected chi connectivity index (χ3v) is 1.85. The molecule has 0 spiro atoms. The zero-order valence-corrected chi connectivity index (χ0v) is 8.39. The van der Waals surface area contributed by atoms with E-state index in [9.17, 15) is 0 Å². The number of nitrogens with zero attached hydrogens (tertiary/aromatic N) is 2. The van der Waals surface area contributed by atoms with Crippen LogP contribution in [0.1, 0.15) is 19.0 Å². The molecule has 0 aliphatic heterocycles. The second kappa shape index (κ2) is 4.56. The molecule has 1 N–H and O–H groups in total. The summed E-state index contributed by atoms with van der Waals surface area (Å²) in [6.45, 7) is 4.74. The molecule has 13 heavy (non-hydrogen) atoms. The summed E-state index contributed by atoms with van der Waals surface area (Å²) in [5.74, 6) is 6.78. The van der Waals surface area contributed by atoms with Crippen LogP contribution < -0.4 is 5.32 Å². The lowest BCUT2D eigenvalue weighted by Gasteiger charge is -1.96. The predicted molar refractivity (Wildman–Crippen MR) is 54.5 cm³/mol. The molecule has 3 heteroatoms. The monoisotopic (exact) mass is 177 g/mol. The second-order valence-corrected chi connectivity index (χ2v) is 2.90. The van der Waals surface area contributed by atoms with Crippen LogP contribution in [-0.2, 0) is 7.05 Å². The van der Waals surface area contributed by atoms with Crippen LogP contribution in [0, 0.1) is 18.8 Å². The molecular formula is C10H15N3. The molecule has 1 rings (SSSR count). The van der Waals surface area contributed by atoms with Crippen molar-refractivity contribution in [2.24, 2.45) is 7.05 Å². The molecule has 0 unspecified atom stereocenters. The molecule has 0 saturated carbocycles. The van der Waals surface area contributed by atoms with Crippen LogP contribution >= 0.6 is 0 Å². The normalized spacial score (nSPS) is 9.15. The molecule has 0 amide bonds. The van der Waals surface area contributed by atoms with Gasteiger partial charge in [0.25, 0.3) is 0 Å². The van der Waals surface area contributed by atoms with Gasteiger partial charge < -0.3 is 5.32 Å². The Morgan fingerprint density at radius 2 is 2.38 bits per heavy atom. The summed E-state index contributed by atoms with van der Waals surface area (Å²) < 4.78 is 1.85. The molecule has 0 atom stereocenters. The van der Waals surface area contributed by atoms with Gasteiger partial charge in [0.1, 0.15) is 5.82 Å². The van der Waals surface area contributed by atoms with Crippen molar-refractivity contribution < 1.29 is 0 Å². The van der Waals surface area contributed by atoms with Crippen molar-refractivity contribution >= 4 is 5.82 Å². The zero-order chi connectivity index (χ0) is 9.68. The zero-order valence-electron chi connectivity index (χ0n) is 8.39. The fourth-order valence-corrected chi connectivity index (χ4v) is 1.03. The largest absolute Gasteiger partial charge is 0.368 e. The fraction of sp³-hybridized carbons (Fsp3) is 0.500. The molecule has 1 heterocycles. The Balaban J connectivity index is 2.40. The lowest BCUT2D eigenvalue weighted by atomic mass is 10.4. The summed E-state index contributed by atoms with van der Waals surface area (Å²) in [6.07, 6.45) is 0.867. The quantitative estimate of drug-likeness (QED) is 0.561. The van der Waals surface area contributed by atoms with E-state index in [-0.39, 0.29) is 0 Å². The van der Waals surface area contributed by atoms with Crippen LogP contribution in [-0.4, -0.2) is 16.3 Å². The van der Waals surface area contributed by atoms with Gasteiger partial charge in [0.15, 0.2) is 0 Å². The minimum atomic E-state index is 0.858. The van der Waals surface area contributed by atoms with Gasteiger partial charge in [0.2, 0.25) is 0 Å². The van der Waals surface area contributed by atoms with Crippen molar-refractivity contribution in [3.8, 4) is 11.8 Å². The molecule has 0 aliphatic rings. The Morgan fingerprint density at radius 1 is 1.62 bits per heavy atom. The van der Waals surface area contributed by atoms with Gasteiger partial charge in [-0.2, -0.15) is 5.10 Å². The molecule has 70 valence electrons. The first-order valence-corrected chi connectivity index (χ1v) is 4.38. The van der Waals surface area contributed by atoms with Gasteiger partial charge in [0.05, 0.1) is 0 Å². The molecule has 0 bridgehead atoms. The van der Waals surface area contributed by atoms with E-state index in [1.165, 1.54) is 0 Å². The van der Waals surface area contributed by atoms with Crippen molar-refractivity contribution in [2.45, 2.75) is 20.3 Å². The number of aryl methyl sites for hydroxylation is 2. The summed E-state index contributed by atoms with van der Waals surface area (Å²) in [5.41, 5.74) is 1.16. The van der Waals surface area contributed by atoms with Crippen LogP contribution in [0.2, 0.25) is 0 Å². The summed E-state index contributed by atoms with van der Waals surface area (Å²) in [6, 6.07) is 2.03. The number of hydrogen-bond donors (Lipinski definition) is 1. The first-order chi connectivity index (χ1) is 6.24. The molecule has 0 saturated heterocycles. The minimum absolute atomic E-state index is 0.858. The van der Waals surface area contributed by atoms with Crippen molar-refractivity contribution in [3.63, 3.8) is 0 Å². The van der Waals surface area contributed by atoms with Crippen LogP contribution in [0.4, 0.5) is 5.82 Å². The van der Waals surface area contributed by atoms with E-state index in [1.54, 1.807) is 0 Å². The number of aromatic nitrogens is 2. The van der Waals surface area contributed by atoms with Gasteiger partial charge in [-0.05, 0) is 13.8 Å². The second-order valence-electron chi connectivity index (χ2n) is 2.90. The van der Waals surface area contributed by atoms with E-state index in [1.807, 2.05) is 31.6 Å². The topological polar surface area (TPSA) is 29.9 Å². The molecule has 1 aromatic heterocycles. The summed E-state index contributed by atoms with van der Waals surface area (Å²) in [7, 11) is 1.94. The molecule has 1 aromatic rings. The Kier molecular flexibility index (Phi) is 3.39. The predicted octanol–water partition coefficient (Wildman–Crippen LogP) is 1.55. The highest BCUT2D eigenvalue weighted by atomic mass is 15.3. The molecule has 0 radical (unpaired) electrons. The maximum absolute atomic E-state index is 4.27. The van der Waals surface area contributed by atoms with Crippen molar-refractivity contribution in [3.05, 3.63) is 11.8 Å². The summed E-state index contributed by atoms with van der Waals surface area (Å²) in [5, 5.41) is 7.47. The smallest absolute Gasteiger partial charge is 0.148 e. The average Bonchev–Trinajstić information content (AvgIpc) is 2.41. The van der Waals surface area contributed by atoms with Gasteiger partial charge in [-0.15, -0.1) is 11.8 Å². The highest BCUT2D eigenvalue weighted by Crippen LogP contribution is 2.05. The summed E-state index contributed by atoms with van der Waals surface area (Å²) >= 11 is 0. The van der Waals surface area contributed by atoms with Crippen molar-refractivity contribution in [1.82, 2.24) is 9.78 Å². The fourth-order valence-electron chi connectivity index (χ4n) is 1.03. The Hall–Kier alpha value is -1.43. The van der Waals surface area contributed by atoms with Crippen LogP contribution in [0.25, 0.3) is 0 Å². The van der Waals surface area contributed by atoms with Gasteiger partial charge in [-0.1, -0.05) is 0 Å². The van der Waals surface area contributed by atoms with Crippen molar-refractivity contribution in [2.75, 3.05) is 11.9 Å². The molecule has 0 fully saturated rings. The standard InChI is InChI=1S/C10H15N3/c1-4-5-6-7-11-10-8-9(2)13(3)12-10/h8H,6-7H2,1-3H3,(H,11,12). The highest BCUT2D eigenvalue weighted by molar-refractivity contribution is 5.35. The van der Waals surface area contributed by atoms with Gasteiger partial charge in [-0.25, -0.2) is 0 Å². The first-order valence-electron chi connectivity index (χ1n) is 4.38. The maximum atomic E-state index is 4.27. The number of nitrogens with one attached hydrogen (secondary N) is 1. The van der Waals surface area contributed by atoms with Gasteiger partial charge in [0, 0.05) is 31.8 Å². The number of anilines is 1. The van der Waals surface area contributed by atoms with E-state index in [0.29, 0.717) is 0 Å². The van der Waals surface area contributed by atoms with Gasteiger partial charge in [-0.3, -0.25) is 4.68 Å². The Morgan fingerprint density at radius 3 is 2.92 bits per heavy atom. The molecular weight excluding hydrogens is 162 g/mol. The van der Waals surface area contributed by atoms with E-state index >= 15 is 0 Å². The Bertz CT molecular complexity index is 308. The SMILES string of the molecule is CC#CCCNc1cc(C)n(C)n1. The minimum Gasteiger partial charge on any atom is -0.368 e. The van der Waals surface area contributed by atoms with Crippen LogP contribution in [0.5, 0.6) is 0 Å². The van der Waals surface area contributed by atoms with E-state index in [2.05, 4.69) is 22.3 Å². The lowest BCUT2D eigenvalue weighted by molar-refractivity contribution is 0.741. The van der Waals surface area contributed by atoms with E-state index < -0.39 is 0 Å². The van der Waals surface area contributed by atoms with Crippen molar-refractivity contribution in [1.29, 1.82) is 0 Å². The summed E-state index contributed by atoms with van der Waals surface area (Å²) in [4.78, 5) is 0.